The topological polar surface area (TPSA) is 28.2 Å². The lowest BCUT2D eigenvalue weighted by molar-refractivity contribution is 0.219. The summed E-state index contributed by atoms with van der Waals surface area (Å²) in [6.07, 6.45) is 2.37. The van der Waals surface area contributed by atoms with Crippen LogP contribution in [0.5, 0.6) is 0 Å². The predicted molar refractivity (Wildman–Crippen MR) is 102 cm³/mol. The van der Waals surface area contributed by atoms with Gasteiger partial charge in [-0.05, 0) is 64.0 Å². The summed E-state index contributed by atoms with van der Waals surface area (Å²) in [6.45, 7) is 12.0. The van der Waals surface area contributed by atoms with E-state index in [1.807, 2.05) is 25.1 Å². The van der Waals surface area contributed by atoms with E-state index in [1.165, 1.54) is 6.42 Å². The number of aromatic nitrogens is 1. The van der Waals surface area contributed by atoms with Crippen LogP contribution in [0.3, 0.4) is 0 Å². The quantitative estimate of drug-likeness (QED) is 0.680. The maximum absolute atomic E-state index is 6.08. The maximum atomic E-state index is 6.08. The third kappa shape index (κ3) is 4.82. The van der Waals surface area contributed by atoms with Crippen molar-refractivity contribution in [1.82, 2.24) is 9.88 Å². The number of anilines is 1. The van der Waals surface area contributed by atoms with E-state index < -0.39 is 0 Å². The number of benzene rings is 1. The number of nitrogens with zero attached hydrogens (tertiary/aromatic N) is 2. The molecule has 0 aliphatic rings. The van der Waals surface area contributed by atoms with E-state index in [0.29, 0.717) is 6.04 Å². The molecule has 0 aliphatic heterocycles. The van der Waals surface area contributed by atoms with Gasteiger partial charge in [-0.2, -0.15) is 0 Å². The van der Waals surface area contributed by atoms with Gasteiger partial charge in [-0.25, -0.2) is 0 Å². The average molecular weight is 334 g/mol. The van der Waals surface area contributed by atoms with E-state index in [9.17, 15) is 0 Å². The summed E-state index contributed by atoms with van der Waals surface area (Å²) >= 11 is 6.08. The second-order valence-corrected chi connectivity index (χ2v) is 6.55. The van der Waals surface area contributed by atoms with Crippen molar-refractivity contribution in [3.8, 4) is 0 Å². The molecule has 0 amide bonds. The first-order valence-corrected chi connectivity index (χ1v) is 8.97. The van der Waals surface area contributed by atoms with E-state index in [-0.39, 0.29) is 0 Å². The summed E-state index contributed by atoms with van der Waals surface area (Å²) in [4.78, 5) is 7.08. The van der Waals surface area contributed by atoms with Crippen LogP contribution in [0.4, 0.5) is 5.69 Å². The molecule has 1 aromatic heterocycles. The molecule has 1 heterocycles. The van der Waals surface area contributed by atoms with Crippen LogP contribution in [0.15, 0.2) is 24.3 Å². The van der Waals surface area contributed by atoms with Crippen molar-refractivity contribution >= 4 is 28.2 Å². The Labute approximate surface area is 145 Å². The molecule has 0 bridgehead atoms. The largest absolute Gasteiger partial charge is 0.384 e. The van der Waals surface area contributed by atoms with Gasteiger partial charge in [-0.3, -0.25) is 4.98 Å². The van der Waals surface area contributed by atoms with E-state index in [4.69, 9.17) is 11.6 Å². The monoisotopic (exact) mass is 333 g/mol. The van der Waals surface area contributed by atoms with Crippen LogP contribution in [-0.2, 0) is 0 Å². The van der Waals surface area contributed by atoms with Gasteiger partial charge in [0.05, 0.1) is 5.52 Å². The summed E-state index contributed by atoms with van der Waals surface area (Å²) < 4.78 is 0. The third-order valence-corrected chi connectivity index (χ3v) is 4.68. The van der Waals surface area contributed by atoms with Crippen LogP contribution in [0.1, 0.15) is 39.3 Å². The molecule has 1 N–H and O–H groups in total. The highest BCUT2D eigenvalue weighted by atomic mass is 35.5. The van der Waals surface area contributed by atoms with Crippen molar-refractivity contribution in [2.45, 2.75) is 46.6 Å². The summed E-state index contributed by atoms with van der Waals surface area (Å²) in [5.74, 6) is 0. The van der Waals surface area contributed by atoms with E-state index >= 15 is 0 Å². The SMILES string of the molecule is CCN(CC)C(C)CCCNc1cc(C)nc2cc(Cl)ccc12. The molecular weight excluding hydrogens is 306 g/mol. The van der Waals surface area contributed by atoms with Crippen molar-refractivity contribution in [1.29, 1.82) is 0 Å². The van der Waals surface area contributed by atoms with Gasteiger partial charge in [0.2, 0.25) is 0 Å². The zero-order valence-corrected chi connectivity index (χ0v) is 15.5. The number of aryl methyl sites for hydroxylation is 1. The zero-order chi connectivity index (χ0) is 16.8. The molecule has 2 rings (SSSR count). The summed E-state index contributed by atoms with van der Waals surface area (Å²) in [5, 5.41) is 5.44. The van der Waals surface area contributed by atoms with Crippen molar-refractivity contribution in [2.75, 3.05) is 25.0 Å². The fraction of sp³-hybridized carbons (Fsp3) is 0.526. The van der Waals surface area contributed by atoms with E-state index in [0.717, 1.165) is 53.4 Å². The predicted octanol–water partition coefficient (Wildman–Crippen LogP) is 5.12. The fourth-order valence-electron chi connectivity index (χ4n) is 3.13. The normalized spacial score (nSPS) is 12.8. The lowest BCUT2D eigenvalue weighted by Gasteiger charge is -2.26. The minimum absolute atomic E-state index is 0.640. The highest BCUT2D eigenvalue weighted by Crippen LogP contribution is 2.25. The smallest absolute Gasteiger partial charge is 0.0740 e. The number of fused-ring (bicyclic) bond motifs is 1. The molecular formula is C19H28ClN3. The third-order valence-electron chi connectivity index (χ3n) is 4.45. The molecule has 1 atom stereocenters. The fourth-order valence-corrected chi connectivity index (χ4v) is 3.30. The number of rotatable bonds is 8. The minimum Gasteiger partial charge on any atom is -0.384 e. The van der Waals surface area contributed by atoms with Gasteiger partial charge in [0.1, 0.15) is 0 Å². The molecule has 4 heteroatoms. The molecule has 0 spiro atoms. The number of nitrogens with one attached hydrogen (secondary N) is 1. The van der Waals surface area contributed by atoms with Crippen LogP contribution >= 0.6 is 11.6 Å². The molecule has 126 valence electrons. The maximum Gasteiger partial charge on any atom is 0.0740 e. The lowest BCUT2D eigenvalue weighted by Crippen LogP contribution is -2.32. The molecule has 1 aromatic carbocycles. The molecule has 0 saturated carbocycles. The minimum atomic E-state index is 0.640. The van der Waals surface area contributed by atoms with Gasteiger partial charge in [0, 0.05) is 34.4 Å². The van der Waals surface area contributed by atoms with E-state index in [1.54, 1.807) is 0 Å². The van der Waals surface area contributed by atoms with Crippen molar-refractivity contribution in [3.63, 3.8) is 0 Å². The highest BCUT2D eigenvalue weighted by molar-refractivity contribution is 6.31. The van der Waals surface area contributed by atoms with Crippen molar-refractivity contribution in [3.05, 3.63) is 35.0 Å². The number of pyridine rings is 1. The lowest BCUT2D eigenvalue weighted by atomic mass is 10.1. The standard InChI is InChI=1S/C19H28ClN3/c1-5-23(6-2)15(4)8-7-11-21-18-12-14(3)22-19-13-16(20)9-10-17(18)19/h9-10,12-13,15H,5-8,11H2,1-4H3,(H,21,22). The second kappa shape index (κ2) is 8.51. The van der Waals surface area contributed by atoms with Gasteiger partial charge in [-0.15, -0.1) is 0 Å². The van der Waals surface area contributed by atoms with Gasteiger partial charge in [0.25, 0.3) is 0 Å². The Hall–Kier alpha value is -1.32. The van der Waals surface area contributed by atoms with Gasteiger partial charge >= 0.3 is 0 Å². The molecule has 0 radical (unpaired) electrons. The first-order valence-electron chi connectivity index (χ1n) is 8.60. The van der Waals surface area contributed by atoms with E-state index in [2.05, 4.69) is 42.0 Å². The van der Waals surface area contributed by atoms with Gasteiger partial charge < -0.3 is 10.2 Å². The Kier molecular flexibility index (Phi) is 6.67. The van der Waals surface area contributed by atoms with Crippen molar-refractivity contribution in [2.24, 2.45) is 0 Å². The number of halogens is 1. The van der Waals surface area contributed by atoms with Gasteiger partial charge in [-0.1, -0.05) is 25.4 Å². The first kappa shape index (κ1) is 18.0. The molecule has 0 fully saturated rings. The summed E-state index contributed by atoms with van der Waals surface area (Å²) in [5.41, 5.74) is 3.12. The average Bonchev–Trinajstić information content (AvgIpc) is 2.52. The molecule has 3 nitrogen and oxygen atoms in total. The second-order valence-electron chi connectivity index (χ2n) is 6.11. The van der Waals surface area contributed by atoms with Crippen LogP contribution in [0, 0.1) is 6.92 Å². The van der Waals surface area contributed by atoms with Crippen LogP contribution in [-0.4, -0.2) is 35.6 Å². The van der Waals surface area contributed by atoms with Crippen molar-refractivity contribution < 1.29 is 0 Å². The highest BCUT2D eigenvalue weighted by Gasteiger charge is 2.09. The molecule has 1 unspecified atom stereocenters. The molecule has 0 aliphatic carbocycles. The Morgan fingerprint density at radius 3 is 2.65 bits per heavy atom. The Balaban J connectivity index is 1.97. The number of hydrogen-bond donors (Lipinski definition) is 1. The molecule has 2 aromatic rings. The first-order chi connectivity index (χ1) is 11.0. The van der Waals surface area contributed by atoms with Crippen LogP contribution < -0.4 is 5.32 Å². The van der Waals surface area contributed by atoms with Crippen LogP contribution in [0.2, 0.25) is 5.02 Å². The Bertz CT molecular complexity index is 633. The molecule has 23 heavy (non-hydrogen) atoms. The summed E-state index contributed by atoms with van der Waals surface area (Å²) in [6, 6.07) is 8.66. The summed E-state index contributed by atoms with van der Waals surface area (Å²) in [7, 11) is 0. The number of hydrogen-bond acceptors (Lipinski definition) is 3. The Morgan fingerprint density at radius 2 is 1.96 bits per heavy atom. The van der Waals surface area contributed by atoms with Crippen LogP contribution in [0.25, 0.3) is 10.9 Å². The molecule has 0 saturated heterocycles. The van der Waals surface area contributed by atoms with Gasteiger partial charge in [0.15, 0.2) is 0 Å². The Morgan fingerprint density at radius 1 is 1.22 bits per heavy atom. The zero-order valence-electron chi connectivity index (χ0n) is 14.7.